The smallest absolute Gasteiger partial charge is 0.406 e. The van der Waals surface area contributed by atoms with Crippen molar-refractivity contribution in [2.75, 3.05) is 26.7 Å². The third-order valence-corrected chi connectivity index (χ3v) is 8.23. The maximum Gasteiger partial charge on any atom is 0.406 e. The second kappa shape index (κ2) is 13.0. The third kappa shape index (κ3) is 7.32. The number of pyridine rings is 1. The number of rotatable bonds is 8. The van der Waals surface area contributed by atoms with Gasteiger partial charge in [-0.15, -0.1) is 0 Å². The summed E-state index contributed by atoms with van der Waals surface area (Å²) in [4.78, 5) is 17.7. The molecule has 1 aliphatic heterocycles. The van der Waals surface area contributed by atoms with E-state index in [9.17, 15) is 36.2 Å². The van der Waals surface area contributed by atoms with E-state index in [1.807, 2.05) is 4.90 Å². The summed E-state index contributed by atoms with van der Waals surface area (Å²) < 4.78 is 101. The Hall–Kier alpha value is -3.59. The molecule has 0 radical (unpaired) electrons. The Kier molecular flexibility index (Phi) is 9.74. The van der Waals surface area contributed by atoms with Crippen LogP contribution in [0.5, 0.6) is 5.75 Å². The second-order valence-corrected chi connectivity index (χ2v) is 11.0. The third-order valence-electron chi connectivity index (χ3n) is 8.23. The molecular weight excluding hydrogens is 581 g/mol. The first-order valence-corrected chi connectivity index (χ1v) is 13.8. The highest BCUT2D eigenvalue weighted by Gasteiger charge is 2.69. The number of aromatic nitrogens is 1. The van der Waals surface area contributed by atoms with Gasteiger partial charge in [-0.05, 0) is 67.5 Å². The van der Waals surface area contributed by atoms with Crippen molar-refractivity contribution in [1.29, 1.82) is 0 Å². The van der Waals surface area contributed by atoms with Crippen molar-refractivity contribution in [3.05, 3.63) is 59.8 Å². The van der Waals surface area contributed by atoms with Crippen LogP contribution in [0.4, 0.5) is 30.7 Å². The summed E-state index contributed by atoms with van der Waals surface area (Å²) in [6, 6.07) is 6.83. The minimum absolute atomic E-state index is 0.0471. The number of benzene rings is 1. The molecular formula is C31H31F7N2O3. The highest BCUT2D eigenvalue weighted by Crippen LogP contribution is 2.56. The normalized spacial score (nSPS) is 21.5. The highest BCUT2D eigenvalue weighted by molar-refractivity contribution is 5.83. The number of fused-ring (bicyclic) bond motifs is 1. The number of carboxylic acid groups (broad SMARTS) is 1. The number of aliphatic carboxylic acids is 1. The molecule has 0 amide bonds. The van der Waals surface area contributed by atoms with Crippen LogP contribution in [0.15, 0.2) is 54.3 Å². The standard InChI is InChI=1S/C31H31F7N2O3/c1-43-23-7-9-27-25(17-23)24(10-13-39-27)26(32)8-6-21-11-15-40(19-22(21)16-28(41)42)14-3-5-20-4-2-12-29(18-20,30(33,34)35)31(36,37)38/h2,4,7,9-10,12-13,17,21-22,26H,6,8,11,14-16,18-19H2,1H3,(H,41,42)/t21-,22+,26?/m1/s1. The van der Waals surface area contributed by atoms with Gasteiger partial charge in [-0.25, -0.2) is 4.39 Å². The van der Waals surface area contributed by atoms with E-state index < -0.39 is 36.3 Å². The molecule has 1 saturated heterocycles. The summed E-state index contributed by atoms with van der Waals surface area (Å²) >= 11 is 0. The van der Waals surface area contributed by atoms with Gasteiger partial charge in [-0.2, -0.15) is 26.3 Å². The van der Waals surface area contributed by atoms with Crippen molar-refractivity contribution in [3.63, 3.8) is 0 Å². The van der Waals surface area contributed by atoms with Gasteiger partial charge < -0.3 is 9.84 Å². The van der Waals surface area contributed by atoms with E-state index in [1.54, 1.807) is 24.3 Å². The lowest BCUT2D eigenvalue weighted by atomic mass is 9.77. The average molecular weight is 613 g/mol. The fourth-order valence-electron chi connectivity index (χ4n) is 5.85. The molecule has 43 heavy (non-hydrogen) atoms. The Morgan fingerprint density at radius 3 is 2.60 bits per heavy atom. The molecule has 2 aromatic rings. The van der Waals surface area contributed by atoms with E-state index in [2.05, 4.69) is 16.8 Å². The first kappa shape index (κ1) is 32.3. The van der Waals surface area contributed by atoms with Gasteiger partial charge in [-0.1, -0.05) is 30.1 Å². The molecule has 12 heteroatoms. The summed E-state index contributed by atoms with van der Waals surface area (Å²) in [7, 11) is 1.52. The quantitative estimate of drug-likeness (QED) is 0.248. The van der Waals surface area contributed by atoms with Crippen molar-refractivity contribution in [3.8, 4) is 17.6 Å². The molecule has 5 nitrogen and oxygen atoms in total. The van der Waals surface area contributed by atoms with Gasteiger partial charge in [0.1, 0.15) is 11.9 Å². The zero-order valence-corrected chi connectivity index (χ0v) is 23.3. The van der Waals surface area contributed by atoms with Crippen molar-refractivity contribution >= 4 is 16.9 Å². The number of allylic oxidation sites excluding steroid dienone is 4. The molecule has 1 N–H and O–H groups in total. The maximum atomic E-state index is 15.5. The number of ether oxygens (including phenoxy) is 1. The maximum absolute atomic E-state index is 15.5. The molecule has 1 aliphatic carbocycles. The van der Waals surface area contributed by atoms with Crippen molar-refractivity contribution in [2.24, 2.45) is 17.3 Å². The largest absolute Gasteiger partial charge is 0.497 e. The molecule has 1 aromatic heterocycles. The summed E-state index contributed by atoms with van der Waals surface area (Å²) in [5.41, 5.74) is -3.18. The number of alkyl halides is 7. The van der Waals surface area contributed by atoms with Crippen LogP contribution in [0.1, 0.15) is 43.8 Å². The van der Waals surface area contributed by atoms with Crippen LogP contribution < -0.4 is 4.74 Å². The van der Waals surface area contributed by atoms with E-state index >= 15 is 4.39 Å². The van der Waals surface area contributed by atoms with E-state index in [-0.39, 0.29) is 42.9 Å². The summed E-state index contributed by atoms with van der Waals surface area (Å²) in [5.74, 6) is 4.27. The predicted octanol–water partition coefficient (Wildman–Crippen LogP) is 7.45. The zero-order chi connectivity index (χ0) is 31.4. The first-order valence-electron chi connectivity index (χ1n) is 13.8. The van der Waals surface area contributed by atoms with Crippen LogP contribution in [0.3, 0.4) is 0 Å². The summed E-state index contributed by atoms with van der Waals surface area (Å²) in [6.45, 7) is 0.841. The average Bonchev–Trinajstić information content (AvgIpc) is 2.94. The fourth-order valence-corrected chi connectivity index (χ4v) is 5.85. The number of nitrogens with zero attached hydrogens (tertiary/aromatic N) is 2. The van der Waals surface area contributed by atoms with E-state index in [1.165, 1.54) is 13.3 Å². The monoisotopic (exact) mass is 612 g/mol. The van der Waals surface area contributed by atoms with Gasteiger partial charge >= 0.3 is 18.3 Å². The molecule has 0 spiro atoms. The number of likely N-dealkylation sites (tertiary alicyclic amines) is 1. The molecule has 1 aromatic carbocycles. The number of carboxylic acids is 1. The Morgan fingerprint density at radius 1 is 1.19 bits per heavy atom. The van der Waals surface area contributed by atoms with Crippen LogP contribution in [-0.2, 0) is 4.79 Å². The van der Waals surface area contributed by atoms with Gasteiger partial charge in [0.2, 0.25) is 0 Å². The molecule has 1 unspecified atom stereocenters. The molecule has 2 aliphatic rings. The van der Waals surface area contributed by atoms with Gasteiger partial charge in [0.25, 0.3) is 0 Å². The topological polar surface area (TPSA) is 62.7 Å². The lowest BCUT2D eigenvalue weighted by molar-refractivity contribution is -0.321. The highest BCUT2D eigenvalue weighted by atomic mass is 19.4. The van der Waals surface area contributed by atoms with Crippen LogP contribution in [0.2, 0.25) is 0 Å². The Bertz CT molecular complexity index is 1420. The lowest BCUT2D eigenvalue weighted by Crippen LogP contribution is -2.49. The molecule has 3 atom stereocenters. The molecule has 0 bridgehead atoms. The minimum Gasteiger partial charge on any atom is -0.497 e. The van der Waals surface area contributed by atoms with Crippen LogP contribution >= 0.6 is 0 Å². The number of methoxy groups -OCH3 is 1. The van der Waals surface area contributed by atoms with E-state index in [0.717, 1.165) is 12.2 Å². The molecule has 1 fully saturated rings. The Labute approximate surface area is 244 Å². The number of hydrogen-bond acceptors (Lipinski definition) is 4. The lowest BCUT2D eigenvalue weighted by Gasteiger charge is -2.37. The second-order valence-electron chi connectivity index (χ2n) is 11.0. The van der Waals surface area contributed by atoms with Crippen LogP contribution in [0.25, 0.3) is 10.9 Å². The predicted molar refractivity (Wildman–Crippen MR) is 146 cm³/mol. The van der Waals surface area contributed by atoms with Crippen molar-refractivity contribution < 1.29 is 45.4 Å². The SMILES string of the molecule is COc1ccc2nccc(C(F)CC[C@@H]3CCN(CC#CC4=CC=CC(C(F)(F)F)(C(F)(F)F)C4)C[C@@H]3CC(=O)O)c2c1. The molecule has 232 valence electrons. The van der Waals surface area contributed by atoms with Crippen molar-refractivity contribution in [1.82, 2.24) is 9.88 Å². The van der Waals surface area contributed by atoms with Gasteiger partial charge in [-0.3, -0.25) is 14.7 Å². The minimum atomic E-state index is -5.54. The van der Waals surface area contributed by atoms with E-state index in [0.29, 0.717) is 48.1 Å². The Balaban J connectivity index is 1.39. The molecule has 4 rings (SSSR count). The first-order chi connectivity index (χ1) is 20.2. The summed E-state index contributed by atoms with van der Waals surface area (Å²) in [6.07, 6.45) is -9.21. The Morgan fingerprint density at radius 2 is 1.93 bits per heavy atom. The fraction of sp³-hybridized carbons (Fsp3) is 0.484. The molecule has 2 heterocycles. The number of piperidine rings is 1. The van der Waals surface area contributed by atoms with E-state index in [4.69, 9.17) is 4.74 Å². The molecule has 0 saturated carbocycles. The van der Waals surface area contributed by atoms with Crippen LogP contribution in [0, 0.1) is 29.1 Å². The number of halogens is 7. The van der Waals surface area contributed by atoms with Crippen molar-refractivity contribution in [2.45, 2.75) is 50.6 Å². The number of carbonyl (C=O) groups is 1. The van der Waals surface area contributed by atoms with Gasteiger partial charge in [0.15, 0.2) is 5.41 Å². The van der Waals surface area contributed by atoms with Gasteiger partial charge in [0.05, 0.1) is 19.2 Å². The van der Waals surface area contributed by atoms with Crippen LogP contribution in [-0.4, -0.2) is 60.1 Å². The summed E-state index contributed by atoms with van der Waals surface area (Å²) in [5, 5.41) is 10.1. The van der Waals surface area contributed by atoms with Gasteiger partial charge in [0, 0.05) is 36.5 Å². The zero-order valence-electron chi connectivity index (χ0n) is 23.3. The number of hydrogen-bond donors (Lipinski definition) is 1.